The van der Waals surface area contributed by atoms with Crippen LogP contribution in [0, 0.1) is 18.2 Å². The molecule has 0 atom stereocenters. The second-order valence-electron chi connectivity index (χ2n) is 9.98. The van der Waals surface area contributed by atoms with Crippen LogP contribution in [0.5, 0.6) is 0 Å². The second kappa shape index (κ2) is 14.3. The number of alkyl carbamates (subject to hydrolysis) is 1. The Morgan fingerprint density at radius 2 is 1.78 bits per heavy atom. The maximum Gasteiger partial charge on any atom is 0.407 e. The number of terminal acetylenes is 1. The predicted molar refractivity (Wildman–Crippen MR) is 141 cm³/mol. The predicted octanol–water partition coefficient (Wildman–Crippen LogP) is 3.74. The lowest BCUT2D eigenvalue weighted by atomic mass is 10.0. The third kappa shape index (κ3) is 9.31. The molecule has 0 radical (unpaired) electrons. The van der Waals surface area contributed by atoms with Crippen molar-refractivity contribution in [2.45, 2.75) is 52.3 Å². The molecule has 0 fully saturated rings. The molecule has 1 aliphatic heterocycles. The molecule has 1 aliphatic rings. The number of nitrogens with zero attached hydrogens (tertiary/aromatic N) is 2. The molecular weight excluding hydrogens is 477 g/mol. The van der Waals surface area contributed by atoms with Crippen molar-refractivity contribution in [1.82, 2.24) is 14.8 Å². The molecule has 0 aliphatic carbocycles. The van der Waals surface area contributed by atoms with Crippen LogP contribution in [0.25, 0.3) is 10.9 Å². The second-order valence-corrected chi connectivity index (χ2v) is 9.98. The molecule has 0 unspecified atom stereocenters. The number of fused-ring (bicyclic) bond motifs is 3. The molecule has 1 aromatic heterocycles. The summed E-state index contributed by atoms with van der Waals surface area (Å²) in [6.07, 6.45) is 6.61. The summed E-state index contributed by atoms with van der Waals surface area (Å²) in [5.41, 5.74) is 2.99. The van der Waals surface area contributed by atoms with E-state index in [1.54, 1.807) is 6.07 Å². The monoisotopic (exact) mass is 517 g/mol. The van der Waals surface area contributed by atoms with Crippen LogP contribution in [-0.2, 0) is 38.5 Å². The largest absolute Gasteiger partial charge is 0.444 e. The van der Waals surface area contributed by atoms with Crippen molar-refractivity contribution in [3.63, 3.8) is 0 Å². The highest BCUT2D eigenvalue weighted by Gasteiger charge is 2.24. The Morgan fingerprint density at radius 3 is 2.49 bits per heavy atom. The van der Waals surface area contributed by atoms with Crippen LogP contribution in [-0.4, -0.2) is 80.4 Å². The van der Waals surface area contributed by atoms with Gasteiger partial charge in [0.25, 0.3) is 0 Å². The number of halogens is 1. The summed E-state index contributed by atoms with van der Waals surface area (Å²) in [6, 6.07) is 5.02. The Kier molecular flexibility index (Phi) is 11.2. The SMILES string of the molecule is C#CCCN1CCc2c(c3cc(F)ccc3n2CCOCCOCCOCCNC(=O)OC(C)(C)C)C1. The fourth-order valence-corrected chi connectivity index (χ4v) is 4.38. The zero-order chi connectivity index (χ0) is 26.7. The number of aromatic nitrogens is 1. The van der Waals surface area contributed by atoms with Gasteiger partial charge in [-0.1, -0.05) is 0 Å². The van der Waals surface area contributed by atoms with Crippen molar-refractivity contribution in [2.75, 3.05) is 59.3 Å². The van der Waals surface area contributed by atoms with Crippen LogP contribution < -0.4 is 5.32 Å². The van der Waals surface area contributed by atoms with E-state index in [4.69, 9.17) is 25.4 Å². The molecule has 3 rings (SSSR count). The Morgan fingerprint density at radius 1 is 1.08 bits per heavy atom. The van der Waals surface area contributed by atoms with Gasteiger partial charge in [-0.15, -0.1) is 12.3 Å². The van der Waals surface area contributed by atoms with Gasteiger partial charge in [0.1, 0.15) is 11.4 Å². The average Bonchev–Trinajstić information content (AvgIpc) is 3.14. The molecule has 2 heterocycles. The molecule has 9 heteroatoms. The third-order valence-corrected chi connectivity index (χ3v) is 5.99. The van der Waals surface area contributed by atoms with Crippen LogP contribution in [0.15, 0.2) is 18.2 Å². The van der Waals surface area contributed by atoms with Gasteiger partial charge in [-0.2, -0.15) is 0 Å². The molecule has 0 saturated carbocycles. The maximum atomic E-state index is 14.0. The molecule has 1 aromatic carbocycles. The van der Waals surface area contributed by atoms with Gasteiger partial charge >= 0.3 is 6.09 Å². The number of carbonyl (C=O) groups is 1. The van der Waals surface area contributed by atoms with E-state index in [1.165, 1.54) is 17.3 Å². The number of carbonyl (C=O) groups excluding carboxylic acids is 1. The lowest BCUT2D eigenvalue weighted by molar-refractivity contribution is 0.0127. The summed E-state index contributed by atoms with van der Waals surface area (Å²) < 4.78 is 38.2. The normalized spacial score (nSPS) is 13.9. The molecule has 8 nitrogen and oxygen atoms in total. The Bertz CT molecular complexity index is 1060. The minimum atomic E-state index is -0.514. The Hall–Kier alpha value is -2.64. The van der Waals surface area contributed by atoms with Gasteiger partial charge in [0.15, 0.2) is 0 Å². The molecule has 0 bridgehead atoms. The first kappa shape index (κ1) is 28.9. The van der Waals surface area contributed by atoms with E-state index in [9.17, 15) is 9.18 Å². The van der Waals surface area contributed by atoms with E-state index in [0.717, 1.165) is 43.4 Å². The number of amides is 1. The average molecular weight is 518 g/mol. The van der Waals surface area contributed by atoms with Gasteiger partial charge in [0, 0.05) is 62.2 Å². The maximum absolute atomic E-state index is 14.0. The highest BCUT2D eigenvalue weighted by atomic mass is 19.1. The van der Waals surface area contributed by atoms with E-state index in [0.29, 0.717) is 52.7 Å². The van der Waals surface area contributed by atoms with Crippen molar-refractivity contribution in [3.05, 3.63) is 35.3 Å². The van der Waals surface area contributed by atoms with E-state index in [1.807, 2.05) is 26.8 Å². The Labute approximate surface area is 219 Å². The van der Waals surface area contributed by atoms with Crippen molar-refractivity contribution in [3.8, 4) is 12.3 Å². The first-order chi connectivity index (χ1) is 17.8. The van der Waals surface area contributed by atoms with E-state index >= 15 is 0 Å². The summed E-state index contributed by atoms with van der Waals surface area (Å²) in [5, 5.41) is 3.62. The van der Waals surface area contributed by atoms with Gasteiger partial charge in [0.05, 0.1) is 39.6 Å². The zero-order valence-corrected chi connectivity index (χ0v) is 22.3. The topological polar surface area (TPSA) is 74.2 Å². The summed E-state index contributed by atoms with van der Waals surface area (Å²) in [4.78, 5) is 13.9. The summed E-state index contributed by atoms with van der Waals surface area (Å²) in [7, 11) is 0. The molecule has 1 amide bonds. The van der Waals surface area contributed by atoms with Gasteiger partial charge in [-0.25, -0.2) is 9.18 Å². The minimum absolute atomic E-state index is 0.218. The van der Waals surface area contributed by atoms with E-state index < -0.39 is 11.7 Å². The first-order valence-electron chi connectivity index (χ1n) is 12.9. The molecule has 1 N–H and O–H groups in total. The number of hydrogen-bond acceptors (Lipinski definition) is 6. The highest BCUT2D eigenvalue weighted by molar-refractivity contribution is 5.86. The molecule has 0 saturated heterocycles. The van der Waals surface area contributed by atoms with Crippen LogP contribution in [0.2, 0.25) is 0 Å². The standard InChI is InChI=1S/C28H40FN3O5/c1-5-6-11-31-12-9-26-24(21-31)23-20-22(29)7-8-25(23)32(26)13-15-35-17-19-36-18-16-34-14-10-30-27(33)37-28(2,3)4/h1,7-8,20H,6,9-19,21H2,2-4H3,(H,30,33). The van der Waals surface area contributed by atoms with E-state index in [-0.39, 0.29) is 5.82 Å². The van der Waals surface area contributed by atoms with Crippen molar-refractivity contribution in [2.24, 2.45) is 0 Å². The van der Waals surface area contributed by atoms with Crippen molar-refractivity contribution in [1.29, 1.82) is 0 Å². The zero-order valence-electron chi connectivity index (χ0n) is 22.3. The number of hydrogen-bond donors (Lipinski definition) is 1. The fourth-order valence-electron chi connectivity index (χ4n) is 4.38. The number of benzene rings is 1. The smallest absolute Gasteiger partial charge is 0.407 e. The van der Waals surface area contributed by atoms with Crippen LogP contribution >= 0.6 is 0 Å². The Balaban J connectivity index is 1.32. The molecular formula is C28H40FN3O5. The molecule has 204 valence electrons. The summed E-state index contributed by atoms with van der Waals surface area (Å²) >= 11 is 0. The van der Waals surface area contributed by atoms with Gasteiger partial charge in [-0.3, -0.25) is 4.90 Å². The lowest BCUT2D eigenvalue weighted by Crippen LogP contribution is -2.34. The third-order valence-electron chi connectivity index (χ3n) is 5.99. The van der Waals surface area contributed by atoms with Crippen molar-refractivity contribution >= 4 is 17.0 Å². The highest BCUT2D eigenvalue weighted by Crippen LogP contribution is 2.31. The van der Waals surface area contributed by atoms with Gasteiger partial charge in [-0.05, 0) is 44.5 Å². The van der Waals surface area contributed by atoms with Crippen molar-refractivity contribution < 1.29 is 28.1 Å². The van der Waals surface area contributed by atoms with E-state index in [2.05, 4.69) is 20.7 Å². The molecule has 2 aromatic rings. The summed E-state index contributed by atoms with van der Waals surface area (Å²) in [5.74, 6) is 2.49. The van der Waals surface area contributed by atoms with Crippen LogP contribution in [0.4, 0.5) is 9.18 Å². The molecule has 37 heavy (non-hydrogen) atoms. The number of rotatable bonds is 14. The molecule has 0 spiro atoms. The lowest BCUT2D eigenvalue weighted by Gasteiger charge is -2.27. The van der Waals surface area contributed by atoms with Crippen LogP contribution in [0.3, 0.4) is 0 Å². The number of ether oxygens (including phenoxy) is 4. The fraction of sp³-hybridized carbons (Fsp3) is 0.607. The summed E-state index contributed by atoms with van der Waals surface area (Å²) in [6.45, 7) is 11.9. The first-order valence-corrected chi connectivity index (χ1v) is 12.9. The van der Waals surface area contributed by atoms with Crippen LogP contribution in [0.1, 0.15) is 38.4 Å². The number of nitrogens with one attached hydrogen (secondary N) is 1. The quantitative estimate of drug-likeness (QED) is 0.304. The van der Waals surface area contributed by atoms with Gasteiger partial charge in [0.2, 0.25) is 0 Å². The van der Waals surface area contributed by atoms with Gasteiger partial charge < -0.3 is 28.8 Å². The minimum Gasteiger partial charge on any atom is -0.444 e.